The number of aryl methyl sites for hydroxylation is 1. The first-order valence-corrected chi connectivity index (χ1v) is 10.5. The Morgan fingerprint density at radius 1 is 1.37 bits per heavy atom. The van der Waals surface area contributed by atoms with E-state index >= 15 is 0 Å². The molecule has 0 radical (unpaired) electrons. The quantitative estimate of drug-likeness (QED) is 0.565. The Kier molecular flexibility index (Phi) is 5.32. The van der Waals surface area contributed by atoms with E-state index in [1.54, 1.807) is 7.11 Å². The van der Waals surface area contributed by atoms with E-state index in [4.69, 9.17) is 4.74 Å². The van der Waals surface area contributed by atoms with Crippen LogP contribution in [0.1, 0.15) is 51.2 Å². The van der Waals surface area contributed by atoms with E-state index in [-0.39, 0.29) is 11.9 Å². The third-order valence-corrected chi connectivity index (χ3v) is 6.74. The third kappa shape index (κ3) is 3.42. The van der Waals surface area contributed by atoms with Gasteiger partial charge in [0.15, 0.2) is 0 Å². The van der Waals surface area contributed by atoms with Crippen LogP contribution in [-0.2, 0) is 4.74 Å². The molecule has 1 amide bonds. The number of nitrogens with one attached hydrogen (secondary N) is 2. The van der Waals surface area contributed by atoms with E-state index in [1.807, 2.05) is 23.5 Å². The maximum Gasteiger partial charge on any atom is 0.253 e. The molecule has 3 atom stereocenters. The molecule has 2 aliphatic rings. The van der Waals surface area contributed by atoms with E-state index in [0.29, 0.717) is 25.0 Å². The maximum absolute atomic E-state index is 12.8. The van der Waals surface area contributed by atoms with Crippen molar-refractivity contribution in [1.82, 2.24) is 5.32 Å². The second-order valence-corrected chi connectivity index (χ2v) is 8.26. The highest BCUT2D eigenvalue weighted by Gasteiger charge is 2.40. The number of carbonyl (C=O) groups excluding carboxylic acids is 1. The SMILES string of the molecule is COCCCNC(=O)c1cccc2c1NC(c1sccc1C)C1CC=CC21. The molecule has 0 fully saturated rings. The van der Waals surface area contributed by atoms with Gasteiger partial charge in [-0.2, -0.15) is 0 Å². The molecule has 0 saturated carbocycles. The van der Waals surface area contributed by atoms with Crippen LogP contribution >= 0.6 is 11.3 Å². The summed E-state index contributed by atoms with van der Waals surface area (Å²) < 4.78 is 5.06. The number of rotatable bonds is 6. The van der Waals surface area contributed by atoms with Crippen LogP contribution in [0.15, 0.2) is 41.8 Å². The van der Waals surface area contributed by atoms with Gasteiger partial charge in [0.25, 0.3) is 5.91 Å². The first-order valence-electron chi connectivity index (χ1n) is 9.58. The lowest BCUT2D eigenvalue weighted by Crippen LogP contribution is -2.32. The van der Waals surface area contributed by atoms with E-state index < -0.39 is 0 Å². The minimum absolute atomic E-state index is 0.0162. The minimum Gasteiger partial charge on any atom is -0.385 e. The molecule has 0 spiro atoms. The van der Waals surface area contributed by atoms with Gasteiger partial charge >= 0.3 is 0 Å². The normalized spacial score (nSPS) is 22.8. The topological polar surface area (TPSA) is 50.4 Å². The first-order chi connectivity index (χ1) is 13.2. The minimum atomic E-state index is -0.0162. The van der Waals surface area contributed by atoms with Crippen molar-refractivity contribution in [3.05, 3.63) is 63.4 Å². The Balaban J connectivity index is 1.65. The molecule has 0 bridgehead atoms. The second-order valence-electron chi connectivity index (χ2n) is 7.32. The number of ether oxygens (including phenoxy) is 1. The summed E-state index contributed by atoms with van der Waals surface area (Å²) in [5.41, 5.74) is 4.30. The van der Waals surface area contributed by atoms with Crippen molar-refractivity contribution in [2.45, 2.75) is 31.7 Å². The Morgan fingerprint density at radius 2 is 2.26 bits per heavy atom. The van der Waals surface area contributed by atoms with Crippen LogP contribution in [0, 0.1) is 12.8 Å². The standard InChI is InChI=1S/C22H26N2O2S/c1-14-10-13-27-21(14)20-17-8-3-6-15(17)16-7-4-9-18(19(16)24-20)22(25)23-11-5-12-26-2/h3-4,6-7,9-10,13,15,17,20,24H,5,8,11-12H2,1-2H3,(H,23,25). The maximum atomic E-state index is 12.8. The monoisotopic (exact) mass is 382 g/mol. The molecule has 4 nitrogen and oxygen atoms in total. The Bertz CT molecular complexity index is 858. The van der Waals surface area contributed by atoms with Crippen molar-refractivity contribution < 1.29 is 9.53 Å². The molecule has 3 unspecified atom stereocenters. The second kappa shape index (κ2) is 7.87. The summed E-state index contributed by atoms with van der Waals surface area (Å²) in [5, 5.41) is 8.94. The van der Waals surface area contributed by atoms with E-state index in [1.165, 1.54) is 16.0 Å². The molecule has 2 heterocycles. The summed E-state index contributed by atoms with van der Waals surface area (Å²) in [6.45, 7) is 3.45. The van der Waals surface area contributed by atoms with Crippen molar-refractivity contribution >= 4 is 22.9 Å². The molecule has 2 N–H and O–H groups in total. The average Bonchev–Trinajstić information content (AvgIpc) is 3.33. The third-order valence-electron chi connectivity index (χ3n) is 5.64. The summed E-state index contributed by atoms with van der Waals surface area (Å²) in [5.74, 6) is 0.862. The van der Waals surface area contributed by atoms with E-state index in [2.05, 4.69) is 47.2 Å². The van der Waals surface area contributed by atoms with Crippen LogP contribution in [0.25, 0.3) is 0 Å². The predicted molar refractivity (Wildman–Crippen MR) is 111 cm³/mol. The van der Waals surface area contributed by atoms with Gasteiger partial charge in [-0.25, -0.2) is 0 Å². The molecule has 4 rings (SSSR count). The van der Waals surface area contributed by atoms with Gasteiger partial charge in [-0.05, 0) is 54.3 Å². The lowest BCUT2D eigenvalue weighted by Gasteiger charge is -2.38. The molecule has 5 heteroatoms. The fourth-order valence-electron chi connectivity index (χ4n) is 4.29. The average molecular weight is 383 g/mol. The van der Waals surface area contributed by atoms with Crippen molar-refractivity contribution in [1.29, 1.82) is 0 Å². The molecule has 0 saturated heterocycles. The van der Waals surface area contributed by atoms with Crippen LogP contribution in [0.4, 0.5) is 5.69 Å². The number of methoxy groups -OCH3 is 1. The first kappa shape index (κ1) is 18.3. The number of para-hydroxylation sites is 1. The largest absolute Gasteiger partial charge is 0.385 e. The highest BCUT2D eigenvalue weighted by atomic mass is 32.1. The molecular formula is C22H26N2O2S. The fraction of sp³-hybridized carbons (Fsp3) is 0.409. The molecule has 1 aliphatic heterocycles. The van der Waals surface area contributed by atoms with Crippen LogP contribution in [0.5, 0.6) is 0 Å². The Hall–Kier alpha value is -2.11. The summed E-state index contributed by atoms with van der Waals surface area (Å²) in [6, 6.07) is 8.52. The molecule has 1 aliphatic carbocycles. The zero-order valence-corrected chi connectivity index (χ0v) is 16.6. The van der Waals surface area contributed by atoms with Gasteiger partial charge in [-0.15, -0.1) is 11.3 Å². The van der Waals surface area contributed by atoms with Crippen LogP contribution in [0.3, 0.4) is 0 Å². The van der Waals surface area contributed by atoms with Gasteiger partial charge in [0, 0.05) is 31.1 Å². The Morgan fingerprint density at radius 3 is 3.04 bits per heavy atom. The van der Waals surface area contributed by atoms with Crippen LogP contribution in [0.2, 0.25) is 0 Å². The van der Waals surface area contributed by atoms with E-state index in [9.17, 15) is 4.79 Å². The lowest BCUT2D eigenvalue weighted by molar-refractivity contribution is 0.0949. The molecule has 27 heavy (non-hydrogen) atoms. The highest BCUT2D eigenvalue weighted by Crippen LogP contribution is 2.51. The smallest absolute Gasteiger partial charge is 0.253 e. The van der Waals surface area contributed by atoms with Crippen LogP contribution in [-0.4, -0.2) is 26.2 Å². The van der Waals surface area contributed by atoms with Crippen LogP contribution < -0.4 is 10.6 Å². The van der Waals surface area contributed by atoms with Gasteiger partial charge in [0.2, 0.25) is 0 Å². The summed E-state index contributed by atoms with van der Waals surface area (Å²) in [7, 11) is 1.68. The number of amides is 1. The number of thiophene rings is 1. The van der Waals surface area contributed by atoms with Gasteiger partial charge in [-0.3, -0.25) is 4.79 Å². The fourth-order valence-corrected chi connectivity index (χ4v) is 5.34. The molecule has 1 aromatic heterocycles. The number of hydrogen-bond acceptors (Lipinski definition) is 4. The molecule has 1 aromatic carbocycles. The Labute approximate surface area is 164 Å². The zero-order valence-electron chi connectivity index (χ0n) is 15.8. The lowest BCUT2D eigenvalue weighted by atomic mass is 9.77. The van der Waals surface area contributed by atoms with E-state index in [0.717, 1.165) is 24.1 Å². The predicted octanol–water partition coefficient (Wildman–Crippen LogP) is 4.65. The molecule has 2 aromatic rings. The highest BCUT2D eigenvalue weighted by molar-refractivity contribution is 7.10. The number of anilines is 1. The van der Waals surface area contributed by atoms with Gasteiger partial charge < -0.3 is 15.4 Å². The molecule has 142 valence electrons. The molecular weight excluding hydrogens is 356 g/mol. The number of allylic oxidation sites excluding steroid dienone is 2. The zero-order chi connectivity index (χ0) is 18.8. The number of carbonyl (C=O) groups is 1. The van der Waals surface area contributed by atoms with Gasteiger partial charge in [0.05, 0.1) is 17.3 Å². The van der Waals surface area contributed by atoms with Gasteiger partial charge in [0.1, 0.15) is 0 Å². The van der Waals surface area contributed by atoms with Gasteiger partial charge in [-0.1, -0.05) is 24.3 Å². The van der Waals surface area contributed by atoms with Crippen molar-refractivity contribution in [2.24, 2.45) is 5.92 Å². The van der Waals surface area contributed by atoms with Crippen molar-refractivity contribution in [3.8, 4) is 0 Å². The number of fused-ring (bicyclic) bond motifs is 3. The van der Waals surface area contributed by atoms with Crippen molar-refractivity contribution in [3.63, 3.8) is 0 Å². The summed E-state index contributed by atoms with van der Waals surface area (Å²) in [4.78, 5) is 14.2. The summed E-state index contributed by atoms with van der Waals surface area (Å²) >= 11 is 1.81. The van der Waals surface area contributed by atoms with Crippen molar-refractivity contribution in [2.75, 3.05) is 25.6 Å². The number of benzene rings is 1. The summed E-state index contributed by atoms with van der Waals surface area (Å²) in [6.07, 6.45) is 6.50. The number of hydrogen-bond donors (Lipinski definition) is 2.